The molecule has 0 saturated carbocycles. The van der Waals surface area contributed by atoms with Gasteiger partial charge in [0.15, 0.2) is 5.82 Å². The summed E-state index contributed by atoms with van der Waals surface area (Å²) in [6.45, 7) is 0. The second kappa shape index (κ2) is 0.885. The van der Waals surface area contributed by atoms with Crippen molar-refractivity contribution in [2.45, 2.75) is 0 Å². The molecular weight excluding hydrogens is 108 g/mol. The molecule has 0 saturated heterocycles. The number of nitrogens with zero attached hydrogens (tertiary/aromatic N) is 3. The second-order valence-corrected chi connectivity index (χ2v) is 1.41. The number of hydrogen-bond acceptors (Lipinski definition) is 5. The SMILES string of the molecule is Nc1nnnc2c1O2. The minimum atomic E-state index is 0.315. The zero-order chi connectivity index (χ0) is 5.56. The molecule has 0 radical (unpaired) electrons. The molecule has 0 fully saturated rings. The van der Waals surface area contributed by atoms with Gasteiger partial charge < -0.3 is 10.5 Å². The van der Waals surface area contributed by atoms with E-state index < -0.39 is 0 Å². The summed E-state index contributed by atoms with van der Waals surface area (Å²) in [7, 11) is 0. The third-order valence-corrected chi connectivity index (χ3v) is 0.872. The summed E-state index contributed by atoms with van der Waals surface area (Å²) in [6, 6.07) is 0. The van der Waals surface area contributed by atoms with Crippen LogP contribution in [0.3, 0.4) is 0 Å². The molecule has 1 aliphatic heterocycles. The Labute approximate surface area is 44.5 Å². The molecule has 40 valence electrons. The molecule has 1 aliphatic rings. The quantitative estimate of drug-likeness (QED) is 0.465. The molecule has 2 N–H and O–H groups in total. The zero-order valence-corrected chi connectivity index (χ0v) is 3.83. The molecule has 0 aromatic carbocycles. The van der Waals surface area contributed by atoms with Gasteiger partial charge in [-0.3, -0.25) is 0 Å². The fraction of sp³-hybridized carbons (Fsp3) is 0. The van der Waals surface area contributed by atoms with Gasteiger partial charge in [-0.15, -0.1) is 5.10 Å². The number of fused-ring (bicyclic) bond motifs is 1. The number of nitrogen functional groups attached to an aromatic ring is 1. The Balaban J connectivity index is 2.70. The van der Waals surface area contributed by atoms with E-state index in [-0.39, 0.29) is 0 Å². The van der Waals surface area contributed by atoms with Gasteiger partial charge >= 0.3 is 0 Å². The smallest absolute Gasteiger partial charge is 0.288 e. The summed E-state index contributed by atoms with van der Waals surface area (Å²) in [5, 5.41) is 10.2. The molecule has 0 amide bonds. The van der Waals surface area contributed by atoms with Crippen molar-refractivity contribution < 1.29 is 4.74 Å². The van der Waals surface area contributed by atoms with E-state index >= 15 is 0 Å². The Hall–Kier alpha value is -1.39. The molecule has 1 aromatic rings. The Bertz CT molecular complexity index is 235. The lowest BCUT2D eigenvalue weighted by Gasteiger charge is -1.74. The van der Waals surface area contributed by atoms with Crippen molar-refractivity contribution in [2.24, 2.45) is 0 Å². The lowest BCUT2D eigenvalue weighted by molar-refractivity contribution is 0.629. The number of hydrogen-bond donors (Lipinski definition) is 1. The third kappa shape index (κ3) is 0.281. The normalized spacial score (nSPS) is 12.0. The lowest BCUT2D eigenvalue weighted by atomic mass is 10.6. The fourth-order valence-corrected chi connectivity index (χ4v) is 0.455. The van der Waals surface area contributed by atoms with Gasteiger partial charge in [-0.25, -0.2) is 0 Å². The fourth-order valence-electron chi connectivity index (χ4n) is 0.455. The summed E-state index contributed by atoms with van der Waals surface area (Å²) >= 11 is 0. The number of nitrogens with two attached hydrogens (primary N) is 1. The van der Waals surface area contributed by atoms with Crippen molar-refractivity contribution in [3.8, 4) is 11.6 Å². The van der Waals surface area contributed by atoms with Crippen molar-refractivity contribution in [2.75, 3.05) is 5.73 Å². The predicted octanol–water partition coefficient (Wildman–Crippen LogP) is -0.441. The van der Waals surface area contributed by atoms with E-state index in [1.807, 2.05) is 0 Å². The van der Waals surface area contributed by atoms with Crippen LogP contribution in [0.4, 0.5) is 5.82 Å². The van der Waals surface area contributed by atoms with Crippen molar-refractivity contribution in [1.82, 2.24) is 15.4 Å². The lowest BCUT2D eigenvalue weighted by Crippen LogP contribution is -1.88. The van der Waals surface area contributed by atoms with Crippen molar-refractivity contribution in [3.05, 3.63) is 0 Å². The van der Waals surface area contributed by atoms with Crippen LogP contribution in [-0.2, 0) is 0 Å². The van der Waals surface area contributed by atoms with E-state index in [1.54, 1.807) is 0 Å². The van der Waals surface area contributed by atoms with Crippen LogP contribution < -0.4 is 10.5 Å². The first-order valence-corrected chi connectivity index (χ1v) is 2.04. The van der Waals surface area contributed by atoms with E-state index in [4.69, 9.17) is 10.5 Å². The molecule has 8 heavy (non-hydrogen) atoms. The van der Waals surface area contributed by atoms with Gasteiger partial charge in [0, 0.05) is 0 Å². The number of ether oxygens (including phenoxy) is 1. The highest BCUT2D eigenvalue weighted by atomic mass is 16.6. The summed E-state index contributed by atoms with van der Waals surface area (Å²) in [4.78, 5) is 0. The first-order chi connectivity index (χ1) is 3.88. The minimum Gasteiger partial charge on any atom is -0.425 e. The Morgan fingerprint density at radius 3 is 2.88 bits per heavy atom. The molecule has 5 heteroatoms. The first kappa shape index (κ1) is 3.59. The first-order valence-electron chi connectivity index (χ1n) is 2.04. The average molecular weight is 110 g/mol. The maximum absolute atomic E-state index is 5.23. The van der Waals surface area contributed by atoms with Gasteiger partial charge in [0.05, 0.1) is 0 Å². The van der Waals surface area contributed by atoms with Crippen molar-refractivity contribution >= 4 is 5.82 Å². The van der Waals surface area contributed by atoms with Gasteiger partial charge in [-0.2, -0.15) is 0 Å². The molecule has 1 aromatic heterocycles. The molecule has 2 rings (SSSR count). The van der Waals surface area contributed by atoms with Crippen LogP contribution >= 0.6 is 0 Å². The van der Waals surface area contributed by atoms with Crippen molar-refractivity contribution in [3.63, 3.8) is 0 Å². The summed E-state index contributed by atoms with van der Waals surface area (Å²) in [6.07, 6.45) is 0. The van der Waals surface area contributed by atoms with Gasteiger partial charge in [-0.05, 0) is 5.21 Å². The molecule has 5 nitrogen and oxygen atoms in total. The maximum atomic E-state index is 5.23. The minimum absolute atomic E-state index is 0.315. The van der Waals surface area contributed by atoms with Crippen LogP contribution in [0.5, 0.6) is 11.6 Å². The molecule has 0 bridgehead atoms. The molecule has 0 atom stereocenters. The number of anilines is 1. The van der Waals surface area contributed by atoms with E-state index in [1.165, 1.54) is 0 Å². The zero-order valence-electron chi connectivity index (χ0n) is 3.83. The third-order valence-electron chi connectivity index (χ3n) is 0.872. The van der Waals surface area contributed by atoms with Crippen LogP contribution in [0.1, 0.15) is 0 Å². The average Bonchev–Trinajstić information content (AvgIpc) is 2.45. The van der Waals surface area contributed by atoms with Crippen LogP contribution in [0.2, 0.25) is 0 Å². The topological polar surface area (TPSA) is 77.2 Å². The van der Waals surface area contributed by atoms with Crippen LogP contribution in [-0.4, -0.2) is 15.4 Å². The summed E-state index contributed by atoms with van der Waals surface area (Å²) in [5.74, 6) is 1.38. The van der Waals surface area contributed by atoms with Crippen molar-refractivity contribution in [1.29, 1.82) is 0 Å². The van der Waals surface area contributed by atoms with Gasteiger partial charge in [0.25, 0.3) is 5.88 Å². The van der Waals surface area contributed by atoms with Crippen LogP contribution in [0.15, 0.2) is 0 Å². The highest BCUT2D eigenvalue weighted by Gasteiger charge is 2.27. The van der Waals surface area contributed by atoms with Gasteiger partial charge in [0.1, 0.15) is 0 Å². The van der Waals surface area contributed by atoms with Gasteiger partial charge in [-0.1, -0.05) is 5.10 Å². The molecule has 0 spiro atoms. The summed E-state index contributed by atoms with van der Waals surface area (Å²) < 4.78 is 4.71. The highest BCUT2D eigenvalue weighted by molar-refractivity contribution is 5.61. The second-order valence-electron chi connectivity index (χ2n) is 1.41. The standard InChI is InChI=1S/C3H2N4O/c4-2-1-3(8-1)6-7-5-2/h(H2,4,5,6). The van der Waals surface area contributed by atoms with Crippen LogP contribution in [0, 0.1) is 0 Å². The summed E-state index contributed by atoms with van der Waals surface area (Å²) in [5.41, 5.74) is 5.23. The van der Waals surface area contributed by atoms with E-state index in [2.05, 4.69) is 15.4 Å². The number of rotatable bonds is 0. The molecule has 2 heterocycles. The Kier molecular flexibility index (Phi) is 0.397. The van der Waals surface area contributed by atoms with E-state index in [9.17, 15) is 0 Å². The Morgan fingerprint density at radius 2 is 2.25 bits per heavy atom. The Morgan fingerprint density at radius 1 is 1.38 bits per heavy atom. The maximum Gasteiger partial charge on any atom is 0.288 e. The monoisotopic (exact) mass is 110 g/mol. The predicted molar refractivity (Wildman–Crippen MR) is 24.3 cm³/mol. The van der Waals surface area contributed by atoms with Gasteiger partial charge in [0.2, 0.25) is 5.75 Å². The molecule has 0 unspecified atom stereocenters. The van der Waals surface area contributed by atoms with E-state index in [0.29, 0.717) is 17.4 Å². The molecule has 0 aliphatic carbocycles. The highest BCUT2D eigenvalue weighted by Crippen LogP contribution is 2.45. The molecular formula is C3H2N4O. The number of aromatic nitrogens is 3. The van der Waals surface area contributed by atoms with E-state index in [0.717, 1.165) is 0 Å². The largest absolute Gasteiger partial charge is 0.425 e. The van der Waals surface area contributed by atoms with Crippen LogP contribution in [0.25, 0.3) is 0 Å².